The Balaban J connectivity index is 1.65. The third kappa shape index (κ3) is 5.75. The Labute approximate surface area is 184 Å². The van der Waals surface area contributed by atoms with E-state index in [0.717, 1.165) is 17.1 Å². The molecule has 0 radical (unpaired) electrons. The van der Waals surface area contributed by atoms with E-state index in [1.165, 1.54) is 11.0 Å². The molecule has 31 heavy (non-hydrogen) atoms. The fourth-order valence-corrected chi connectivity index (χ4v) is 4.20. The van der Waals surface area contributed by atoms with Gasteiger partial charge in [-0.15, -0.1) is 0 Å². The van der Waals surface area contributed by atoms with Crippen LogP contribution < -0.4 is 10.1 Å². The van der Waals surface area contributed by atoms with Crippen molar-refractivity contribution in [1.29, 1.82) is 0 Å². The zero-order valence-corrected chi connectivity index (χ0v) is 18.7. The number of hydrogen-bond acceptors (Lipinski definition) is 6. The van der Waals surface area contributed by atoms with E-state index in [4.69, 9.17) is 0 Å². The molecule has 2 amide bonds. The summed E-state index contributed by atoms with van der Waals surface area (Å²) in [5, 5.41) is 3.10. The lowest BCUT2D eigenvalue weighted by Crippen LogP contribution is -2.34. The molecule has 1 aliphatic heterocycles. The summed E-state index contributed by atoms with van der Waals surface area (Å²) in [4.78, 5) is 30.6. The molecule has 2 heterocycles. The van der Waals surface area contributed by atoms with E-state index in [9.17, 15) is 18.4 Å². The van der Waals surface area contributed by atoms with E-state index in [-0.39, 0.29) is 48.3 Å². The van der Waals surface area contributed by atoms with Crippen LogP contribution in [0.1, 0.15) is 68.8 Å². The second-order valence-electron chi connectivity index (χ2n) is 8.17. The van der Waals surface area contributed by atoms with Gasteiger partial charge < -0.3 is 9.64 Å². The Kier molecular flexibility index (Phi) is 7.19. The first kappa shape index (κ1) is 23.1. The smallest absolute Gasteiger partial charge is 0.387 e. The molecule has 0 unspecified atom stereocenters. The second-order valence-corrected chi connectivity index (χ2v) is 8.92. The molecule has 1 fully saturated rings. The van der Waals surface area contributed by atoms with Crippen LogP contribution in [0.5, 0.6) is 5.75 Å². The largest absolute Gasteiger partial charge is 0.435 e. The van der Waals surface area contributed by atoms with Gasteiger partial charge in [0.15, 0.2) is 0 Å². The Morgan fingerprint density at radius 3 is 2.65 bits per heavy atom. The van der Waals surface area contributed by atoms with Crippen molar-refractivity contribution in [3.8, 4) is 5.75 Å². The number of likely N-dealkylation sites (tertiary alicyclic amines) is 1. The van der Waals surface area contributed by atoms with Gasteiger partial charge in [0, 0.05) is 36.3 Å². The van der Waals surface area contributed by atoms with Crippen molar-refractivity contribution in [2.24, 2.45) is 0 Å². The van der Waals surface area contributed by atoms with Crippen LogP contribution in [-0.2, 0) is 9.59 Å². The van der Waals surface area contributed by atoms with Crippen molar-refractivity contribution >= 4 is 28.5 Å². The summed E-state index contributed by atoms with van der Waals surface area (Å²) >= 11 is 1.11. The van der Waals surface area contributed by atoms with Crippen molar-refractivity contribution in [3.63, 3.8) is 0 Å². The molecule has 0 aliphatic carbocycles. The zero-order valence-electron chi connectivity index (χ0n) is 17.9. The summed E-state index contributed by atoms with van der Waals surface area (Å²) in [6.07, 6.45) is 0.260. The highest BCUT2D eigenvalue weighted by atomic mass is 32.1. The number of halogens is 2. The molecular formula is C21H26F2N4O3S. The van der Waals surface area contributed by atoms with Crippen LogP contribution in [0.3, 0.4) is 0 Å². The Bertz CT molecular complexity index is 948. The minimum absolute atomic E-state index is 0.0182. The summed E-state index contributed by atoms with van der Waals surface area (Å²) in [6.45, 7) is 5.14. The topological polar surface area (TPSA) is 84.4 Å². The van der Waals surface area contributed by atoms with Gasteiger partial charge in [0.2, 0.25) is 16.9 Å². The Hall–Kier alpha value is -2.62. The van der Waals surface area contributed by atoms with Crippen molar-refractivity contribution in [1.82, 2.24) is 14.3 Å². The molecule has 3 rings (SSSR count). The van der Waals surface area contributed by atoms with E-state index in [2.05, 4.69) is 19.4 Å². The number of carbonyl (C=O) groups is 2. The number of aromatic nitrogens is 2. The van der Waals surface area contributed by atoms with Crippen molar-refractivity contribution in [2.45, 2.75) is 58.5 Å². The van der Waals surface area contributed by atoms with Crippen LogP contribution in [-0.4, -0.2) is 45.8 Å². The Morgan fingerprint density at radius 1 is 1.29 bits per heavy atom. The van der Waals surface area contributed by atoms with Gasteiger partial charge in [0.05, 0.1) is 6.54 Å². The van der Waals surface area contributed by atoms with E-state index < -0.39 is 6.61 Å². The minimum atomic E-state index is -2.89. The molecule has 168 valence electrons. The summed E-state index contributed by atoms with van der Waals surface area (Å²) in [5.74, 6) is 0.382. The molecule has 0 spiro atoms. The molecule has 1 saturated heterocycles. The van der Waals surface area contributed by atoms with E-state index >= 15 is 0 Å². The van der Waals surface area contributed by atoms with E-state index in [1.54, 1.807) is 6.07 Å². The zero-order chi connectivity index (χ0) is 22.7. The molecule has 10 heteroatoms. The minimum Gasteiger partial charge on any atom is -0.435 e. The van der Waals surface area contributed by atoms with E-state index in [1.807, 2.05) is 33.8 Å². The number of benzene rings is 1. The van der Waals surface area contributed by atoms with Gasteiger partial charge in [0.25, 0.3) is 0 Å². The van der Waals surface area contributed by atoms with Gasteiger partial charge in [-0.25, -0.2) is 4.98 Å². The summed E-state index contributed by atoms with van der Waals surface area (Å²) in [5.41, 5.74) is 1.53. The maximum absolute atomic E-state index is 12.7. The maximum Gasteiger partial charge on any atom is 0.387 e. The predicted octanol–water partition coefficient (Wildman–Crippen LogP) is 4.34. The monoisotopic (exact) mass is 452 g/mol. The van der Waals surface area contributed by atoms with Crippen LogP contribution >= 0.6 is 11.5 Å². The third-order valence-corrected chi connectivity index (χ3v) is 5.74. The van der Waals surface area contributed by atoms with Crippen LogP contribution in [0.15, 0.2) is 18.2 Å². The highest BCUT2D eigenvalue weighted by molar-refractivity contribution is 7.09. The fourth-order valence-electron chi connectivity index (χ4n) is 3.48. The molecule has 1 aromatic carbocycles. The molecule has 1 aliphatic rings. The number of hydrogen-bond donors (Lipinski definition) is 1. The predicted molar refractivity (Wildman–Crippen MR) is 114 cm³/mol. The number of anilines is 1. The molecule has 1 aromatic heterocycles. The molecule has 7 nitrogen and oxygen atoms in total. The molecule has 0 saturated carbocycles. The quantitative estimate of drug-likeness (QED) is 0.644. The highest BCUT2D eigenvalue weighted by Gasteiger charge is 2.32. The number of nitrogens with one attached hydrogen (secondary N) is 1. The number of ether oxygens (including phenoxy) is 1. The molecular weight excluding hydrogens is 426 g/mol. The van der Waals surface area contributed by atoms with Gasteiger partial charge in [-0.05, 0) is 23.1 Å². The van der Waals surface area contributed by atoms with Crippen molar-refractivity contribution in [3.05, 3.63) is 35.2 Å². The number of amides is 2. The molecule has 0 bridgehead atoms. The van der Waals surface area contributed by atoms with Gasteiger partial charge >= 0.3 is 6.61 Å². The number of carbonyl (C=O) groups excluding carboxylic acids is 2. The molecule has 1 atom stereocenters. The average molecular weight is 453 g/mol. The first-order valence-corrected chi connectivity index (χ1v) is 10.9. The normalized spacial score (nSPS) is 16.6. The lowest BCUT2D eigenvalue weighted by molar-refractivity contribution is -0.131. The van der Waals surface area contributed by atoms with Gasteiger partial charge in [-0.1, -0.05) is 39.8 Å². The summed E-state index contributed by atoms with van der Waals surface area (Å²) < 4.78 is 34.1. The second kappa shape index (κ2) is 9.67. The van der Waals surface area contributed by atoms with Gasteiger partial charge in [0.1, 0.15) is 11.6 Å². The summed E-state index contributed by atoms with van der Waals surface area (Å²) in [7, 11) is 0. The van der Waals surface area contributed by atoms with Crippen LogP contribution in [0, 0.1) is 0 Å². The first-order chi connectivity index (χ1) is 14.6. The standard InChI is InChI=1S/C21H26F2N4O3S/c1-11(2)15-7-13(5-6-16(15)30-20(22)23)14-8-18(29)27(9-14)10-17(28)24-21-25-19(12(3)4)26-31-21/h5-7,11-12,14,20H,8-10H2,1-4H3,(H,24,25,26,28)/t14-/m1/s1. The fraction of sp³-hybridized carbons (Fsp3) is 0.524. The number of alkyl halides is 2. The first-order valence-electron chi connectivity index (χ1n) is 10.1. The van der Waals surface area contributed by atoms with Gasteiger partial charge in [-0.2, -0.15) is 13.2 Å². The lowest BCUT2D eigenvalue weighted by atomic mass is 9.92. The molecule has 2 aromatic rings. The average Bonchev–Trinajstić information content (AvgIpc) is 3.28. The summed E-state index contributed by atoms with van der Waals surface area (Å²) in [6, 6.07) is 5.05. The molecule has 1 N–H and O–H groups in total. The van der Waals surface area contributed by atoms with Crippen molar-refractivity contribution < 1.29 is 23.1 Å². The third-order valence-electron chi connectivity index (χ3n) is 5.10. The van der Waals surface area contributed by atoms with Crippen molar-refractivity contribution in [2.75, 3.05) is 18.4 Å². The highest BCUT2D eigenvalue weighted by Crippen LogP contribution is 2.34. The van der Waals surface area contributed by atoms with Crippen LogP contribution in [0.4, 0.5) is 13.9 Å². The van der Waals surface area contributed by atoms with E-state index in [0.29, 0.717) is 23.1 Å². The number of rotatable bonds is 8. The number of nitrogens with zero attached hydrogens (tertiary/aromatic N) is 3. The van der Waals surface area contributed by atoms with Crippen LogP contribution in [0.2, 0.25) is 0 Å². The lowest BCUT2D eigenvalue weighted by Gasteiger charge is -2.18. The maximum atomic E-state index is 12.7. The Morgan fingerprint density at radius 2 is 2.03 bits per heavy atom. The van der Waals surface area contributed by atoms with Crippen LogP contribution in [0.25, 0.3) is 0 Å². The SMILES string of the molecule is CC(C)c1nsc(NC(=O)CN2C[C@H](c3ccc(OC(F)F)c(C(C)C)c3)CC2=O)n1. The van der Waals surface area contributed by atoms with Gasteiger partial charge in [-0.3, -0.25) is 14.9 Å².